The molecular weight excluding hydrogens is 456 g/mol. The van der Waals surface area contributed by atoms with Crippen molar-refractivity contribution in [1.29, 1.82) is 0 Å². The number of thiocarbonyl (C=S) groups is 1. The highest BCUT2D eigenvalue weighted by atomic mass is 32.1. The summed E-state index contributed by atoms with van der Waals surface area (Å²) in [7, 11) is 0. The van der Waals surface area contributed by atoms with Crippen molar-refractivity contribution in [3.63, 3.8) is 0 Å². The van der Waals surface area contributed by atoms with E-state index in [9.17, 15) is 0 Å². The summed E-state index contributed by atoms with van der Waals surface area (Å²) in [6.45, 7) is 6.94. The lowest BCUT2D eigenvalue weighted by Gasteiger charge is -2.33. The van der Waals surface area contributed by atoms with Gasteiger partial charge in [0.25, 0.3) is 0 Å². The molecule has 2 saturated heterocycles. The molecule has 0 unspecified atom stereocenters. The fourth-order valence-corrected chi connectivity index (χ4v) is 5.03. The summed E-state index contributed by atoms with van der Waals surface area (Å²) in [5, 5.41) is 6.94. The number of anilines is 3. The third-order valence-electron chi connectivity index (χ3n) is 6.73. The molecular formula is C27H34N6OS. The molecule has 8 heteroatoms. The van der Waals surface area contributed by atoms with Crippen LogP contribution in [0.1, 0.15) is 44.8 Å². The Hall–Kier alpha value is -3.13. The predicted molar refractivity (Wildman–Crippen MR) is 146 cm³/mol. The van der Waals surface area contributed by atoms with Gasteiger partial charge in [-0.3, -0.25) is 0 Å². The molecule has 35 heavy (non-hydrogen) atoms. The summed E-state index contributed by atoms with van der Waals surface area (Å²) in [4.78, 5) is 14.4. The van der Waals surface area contributed by atoms with Crippen LogP contribution in [-0.2, 0) is 6.54 Å². The first-order valence-corrected chi connectivity index (χ1v) is 13.1. The Morgan fingerprint density at radius 1 is 0.971 bits per heavy atom. The Bertz CT molecular complexity index is 1130. The summed E-state index contributed by atoms with van der Waals surface area (Å²) in [6.07, 6.45) is 6.17. The average Bonchev–Trinajstić information content (AvgIpc) is 3.38. The molecule has 2 aliphatic rings. The zero-order valence-corrected chi connectivity index (χ0v) is 21.2. The second kappa shape index (κ2) is 11.1. The van der Waals surface area contributed by atoms with Crippen LogP contribution in [0.5, 0.6) is 0 Å². The molecule has 0 saturated carbocycles. The first kappa shape index (κ1) is 23.6. The van der Waals surface area contributed by atoms with Crippen LogP contribution in [0.25, 0.3) is 11.3 Å². The molecule has 2 aromatic heterocycles. The number of rotatable bonds is 6. The number of aromatic nitrogens is 2. The van der Waals surface area contributed by atoms with Crippen molar-refractivity contribution in [1.82, 2.24) is 15.3 Å². The highest BCUT2D eigenvalue weighted by Crippen LogP contribution is 2.27. The largest absolute Gasteiger partial charge is 0.459 e. The molecule has 184 valence electrons. The Labute approximate surface area is 212 Å². The molecule has 1 aromatic carbocycles. The Balaban J connectivity index is 1.27. The zero-order chi connectivity index (χ0) is 24.0. The van der Waals surface area contributed by atoms with E-state index in [0.717, 1.165) is 54.9 Å². The molecule has 4 heterocycles. The van der Waals surface area contributed by atoms with Crippen molar-refractivity contribution in [2.24, 2.45) is 5.92 Å². The van der Waals surface area contributed by atoms with E-state index in [1.807, 2.05) is 42.5 Å². The second-order valence-corrected chi connectivity index (χ2v) is 10.00. The number of piperidine rings is 2. The molecule has 7 nitrogen and oxygen atoms in total. The highest BCUT2D eigenvalue weighted by molar-refractivity contribution is 7.80. The normalized spacial score (nSPS) is 18.4. The Kier molecular flexibility index (Phi) is 7.47. The fourth-order valence-electron chi connectivity index (χ4n) is 4.87. The summed E-state index contributed by atoms with van der Waals surface area (Å²) < 4.78 is 5.98. The summed E-state index contributed by atoms with van der Waals surface area (Å²) in [6, 6.07) is 16.2. The molecule has 0 radical (unpaired) electrons. The molecule has 0 aliphatic carbocycles. The quantitative estimate of drug-likeness (QED) is 0.442. The van der Waals surface area contributed by atoms with Gasteiger partial charge >= 0.3 is 0 Å². The number of benzene rings is 1. The van der Waals surface area contributed by atoms with E-state index in [1.54, 1.807) is 0 Å². The van der Waals surface area contributed by atoms with E-state index in [4.69, 9.17) is 26.6 Å². The van der Waals surface area contributed by atoms with Crippen molar-refractivity contribution in [3.05, 3.63) is 54.3 Å². The minimum Gasteiger partial charge on any atom is -0.459 e. The lowest BCUT2D eigenvalue weighted by atomic mass is 10.0. The second-order valence-electron chi connectivity index (χ2n) is 9.59. The van der Waals surface area contributed by atoms with Gasteiger partial charge in [-0.25, -0.2) is 0 Å². The van der Waals surface area contributed by atoms with Crippen LogP contribution in [0, 0.1) is 5.92 Å². The molecule has 0 bridgehead atoms. The van der Waals surface area contributed by atoms with Crippen LogP contribution < -0.4 is 20.4 Å². The zero-order valence-electron chi connectivity index (χ0n) is 20.4. The number of nitrogens with zero attached hydrogens (tertiary/aromatic N) is 4. The van der Waals surface area contributed by atoms with Gasteiger partial charge in [-0.05, 0) is 62.4 Å². The molecule has 2 aliphatic heterocycles. The van der Waals surface area contributed by atoms with E-state index < -0.39 is 0 Å². The standard InChI is InChI=1S/C27H34N6OS/c1-20-9-8-16-33(19-20)25-17-24(32-14-6-3-7-15-32)29-26(30-25)31-27(35)28-18-22-12-13-23(34-22)21-10-4-2-5-11-21/h2,4-5,10-13,17,20H,3,6-9,14-16,18-19H2,1H3,(H2,28,29,30,31,35)/t20-/m0/s1. The monoisotopic (exact) mass is 490 g/mol. The number of nitrogens with one attached hydrogen (secondary N) is 2. The smallest absolute Gasteiger partial charge is 0.232 e. The number of hydrogen-bond acceptors (Lipinski definition) is 6. The maximum Gasteiger partial charge on any atom is 0.232 e. The highest BCUT2D eigenvalue weighted by Gasteiger charge is 2.21. The van der Waals surface area contributed by atoms with Gasteiger partial charge in [0.1, 0.15) is 23.2 Å². The van der Waals surface area contributed by atoms with Gasteiger partial charge in [-0.1, -0.05) is 37.3 Å². The Morgan fingerprint density at radius 3 is 2.49 bits per heavy atom. The maximum atomic E-state index is 5.98. The molecule has 1 atom stereocenters. The number of hydrogen-bond donors (Lipinski definition) is 2. The van der Waals surface area contributed by atoms with E-state index in [1.165, 1.54) is 32.1 Å². The Morgan fingerprint density at radius 2 is 1.71 bits per heavy atom. The average molecular weight is 491 g/mol. The fraction of sp³-hybridized carbons (Fsp3) is 0.444. The van der Waals surface area contributed by atoms with Gasteiger partial charge in [0.05, 0.1) is 6.54 Å². The van der Waals surface area contributed by atoms with Crippen LogP contribution >= 0.6 is 12.2 Å². The van der Waals surface area contributed by atoms with E-state index in [2.05, 4.69) is 33.4 Å². The van der Waals surface area contributed by atoms with Gasteiger partial charge < -0.3 is 24.9 Å². The first-order chi connectivity index (χ1) is 17.1. The minimum absolute atomic E-state index is 0.483. The number of furan rings is 1. The lowest BCUT2D eigenvalue weighted by Crippen LogP contribution is -2.36. The SMILES string of the molecule is C[C@H]1CCCN(c2cc(N3CCCCC3)nc(NC(=S)NCc3ccc(-c4ccccc4)o3)n2)C1. The topological polar surface area (TPSA) is 69.5 Å². The van der Waals surface area contributed by atoms with Crippen molar-refractivity contribution in [2.75, 3.05) is 41.3 Å². The molecule has 2 fully saturated rings. The molecule has 3 aromatic rings. The van der Waals surface area contributed by atoms with Gasteiger partial charge in [0.2, 0.25) is 5.95 Å². The van der Waals surface area contributed by atoms with Crippen molar-refractivity contribution in [3.8, 4) is 11.3 Å². The van der Waals surface area contributed by atoms with E-state index in [-0.39, 0.29) is 0 Å². The van der Waals surface area contributed by atoms with Gasteiger partial charge in [-0.2, -0.15) is 9.97 Å². The van der Waals surface area contributed by atoms with Crippen LogP contribution in [0.2, 0.25) is 0 Å². The van der Waals surface area contributed by atoms with E-state index in [0.29, 0.717) is 23.5 Å². The van der Waals surface area contributed by atoms with Gasteiger partial charge in [0, 0.05) is 37.8 Å². The minimum atomic E-state index is 0.483. The third kappa shape index (κ3) is 6.11. The first-order valence-electron chi connectivity index (χ1n) is 12.7. The summed E-state index contributed by atoms with van der Waals surface area (Å²) in [5.74, 6) is 4.85. The molecule has 5 rings (SSSR count). The molecule has 2 N–H and O–H groups in total. The van der Waals surface area contributed by atoms with E-state index >= 15 is 0 Å². The van der Waals surface area contributed by atoms with Crippen molar-refractivity contribution < 1.29 is 4.42 Å². The van der Waals surface area contributed by atoms with Crippen molar-refractivity contribution in [2.45, 2.75) is 45.6 Å². The predicted octanol–water partition coefficient (Wildman–Crippen LogP) is 5.45. The van der Waals surface area contributed by atoms with Gasteiger partial charge in [-0.15, -0.1) is 0 Å². The maximum absolute atomic E-state index is 5.98. The van der Waals surface area contributed by atoms with Crippen LogP contribution in [0.3, 0.4) is 0 Å². The summed E-state index contributed by atoms with van der Waals surface area (Å²) in [5.41, 5.74) is 1.06. The van der Waals surface area contributed by atoms with Crippen LogP contribution in [0.4, 0.5) is 17.6 Å². The molecule has 0 spiro atoms. The molecule has 0 amide bonds. The van der Waals surface area contributed by atoms with Crippen LogP contribution in [0.15, 0.2) is 52.9 Å². The van der Waals surface area contributed by atoms with Gasteiger partial charge in [0.15, 0.2) is 5.11 Å². The summed E-state index contributed by atoms with van der Waals surface area (Å²) >= 11 is 5.58. The van der Waals surface area contributed by atoms with Crippen LogP contribution in [-0.4, -0.2) is 41.3 Å². The van der Waals surface area contributed by atoms with Crippen molar-refractivity contribution >= 4 is 34.9 Å². The third-order valence-corrected chi connectivity index (χ3v) is 6.98. The lowest BCUT2D eigenvalue weighted by molar-refractivity contribution is 0.444.